The van der Waals surface area contributed by atoms with E-state index < -0.39 is 0 Å². The molecule has 6 heteroatoms. The Bertz CT molecular complexity index is 632. The molecule has 20 heavy (non-hydrogen) atoms. The molecule has 0 radical (unpaired) electrons. The second-order valence-corrected chi connectivity index (χ2v) is 5.13. The van der Waals surface area contributed by atoms with Gasteiger partial charge in [-0.15, -0.1) is 0 Å². The van der Waals surface area contributed by atoms with E-state index in [1.165, 1.54) is 11.9 Å². The summed E-state index contributed by atoms with van der Waals surface area (Å²) in [6.45, 7) is 1.84. The van der Waals surface area contributed by atoms with Gasteiger partial charge in [-0.3, -0.25) is 14.5 Å². The third kappa shape index (κ3) is 2.29. The van der Waals surface area contributed by atoms with Crippen molar-refractivity contribution in [2.24, 2.45) is 7.05 Å². The van der Waals surface area contributed by atoms with Crippen molar-refractivity contribution in [1.29, 1.82) is 0 Å². The number of carbonyl (C=O) groups is 1. The fourth-order valence-electron chi connectivity index (χ4n) is 2.60. The quantitative estimate of drug-likeness (QED) is 0.894. The summed E-state index contributed by atoms with van der Waals surface area (Å²) in [5, 5.41) is 7.31. The summed E-state index contributed by atoms with van der Waals surface area (Å²) in [7, 11) is 1.94. The molecule has 0 spiro atoms. The molecule has 1 atom stereocenters. The van der Waals surface area contributed by atoms with Gasteiger partial charge in [-0.2, -0.15) is 5.10 Å². The van der Waals surface area contributed by atoms with Crippen LogP contribution in [0.1, 0.15) is 46.3 Å². The summed E-state index contributed by atoms with van der Waals surface area (Å²) < 4.78 is 1.89. The molecule has 6 nitrogen and oxygen atoms in total. The molecule has 2 heterocycles. The van der Waals surface area contributed by atoms with Crippen LogP contribution < -0.4 is 5.32 Å². The van der Waals surface area contributed by atoms with Crippen molar-refractivity contribution in [3.8, 4) is 0 Å². The van der Waals surface area contributed by atoms with E-state index in [1.54, 1.807) is 6.20 Å². The Labute approximate surface area is 117 Å². The number of amides is 1. The van der Waals surface area contributed by atoms with E-state index >= 15 is 0 Å². The minimum absolute atomic E-state index is 0.0167. The summed E-state index contributed by atoms with van der Waals surface area (Å²) in [5.41, 5.74) is 3.48. The number of aryl methyl sites for hydroxylation is 2. The van der Waals surface area contributed by atoms with E-state index in [-0.39, 0.29) is 11.9 Å². The van der Waals surface area contributed by atoms with Gasteiger partial charge >= 0.3 is 0 Å². The molecule has 1 unspecified atom stereocenters. The topological polar surface area (TPSA) is 72.7 Å². The molecule has 0 bridgehead atoms. The smallest absolute Gasteiger partial charge is 0.271 e. The van der Waals surface area contributed by atoms with Crippen LogP contribution in [0.5, 0.6) is 0 Å². The molecular formula is C14H17N5O. The lowest BCUT2D eigenvalue weighted by Crippen LogP contribution is -2.31. The highest BCUT2D eigenvalue weighted by Crippen LogP contribution is 2.29. The zero-order chi connectivity index (χ0) is 14.1. The molecule has 104 valence electrons. The molecule has 0 aliphatic heterocycles. The number of carbonyl (C=O) groups excluding carboxylic acids is 1. The monoisotopic (exact) mass is 271 g/mol. The predicted octanol–water partition coefficient (Wildman–Crippen LogP) is 1.33. The maximum atomic E-state index is 12.2. The first-order valence-electron chi connectivity index (χ1n) is 6.75. The molecule has 2 aromatic rings. The van der Waals surface area contributed by atoms with Crippen LogP contribution in [0.25, 0.3) is 0 Å². The van der Waals surface area contributed by atoms with Crippen LogP contribution in [-0.4, -0.2) is 25.7 Å². The van der Waals surface area contributed by atoms with Gasteiger partial charge in [0.2, 0.25) is 0 Å². The van der Waals surface area contributed by atoms with E-state index in [2.05, 4.69) is 20.4 Å². The lowest BCUT2D eigenvalue weighted by Gasteiger charge is -2.23. The Hall–Kier alpha value is -2.24. The van der Waals surface area contributed by atoms with E-state index in [0.29, 0.717) is 5.69 Å². The highest BCUT2D eigenvalue weighted by Gasteiger charge is 2.25. The summed E-state index contributed by atoms with van der Waals surface area (Å²) in [4.78, 5) is 20.4. The van der Waals surface area contributed by atoms with Crippen LogP contribution >= 0.6 is 0 Å². The predicted molar refractivity (Wildman–Crippen MR) is 73.1 cm³/mol. The van der Waals surface area contributed by atoms with Crippen molar-refractivity contribution in [3.63, 3.8) is 0 Å². The Balaban J connectivity index is 1.78. The lowest BCUT2D eigenvalue weighted by molar-refractivity contribution is 0.0927. The SMILES string of the molecule is Cc1cnc(C(=O)NC2CCCc3c2cnn3C)cn1. The van der Waals surface area contributed by atoms with Crippen LogP contribution in [0.2, 0.25) is 0 Å². The molecule has 0 saturated heterocycles. The van der Waals surface area contributed by atoms with Crippen molar-refractivity contribution in [2.45, 2.75) is 32.2 Å². The average molecular weight is 271 g/mol. The number of aromatic nitrogens is 4. The zero-order valence-electron chi connectivity index (χ0n) is 11.6. The third-order valence-electron chi connectivity index (χ3n) is 3.69. The zero-order valence-corrected chi connectivity index (χ0v) is 11.6. The van der Waals surface area contributed by atoms with Crippen LogP contribution in [0.4, 0.5) is 0 Å². The lowest BCUT2D eigenvalue weighted by atomic mass is 9.93. The minimum atomic E-state index is -0.181. The maximum Gasteiger partial charge on any atom is 0.271 e. The Morgan fingerprint density at radius 2 is 2.20 bits per heavy atom. The van der Waals surface area contributed by atoms with E-state index in [1.807, 2.05) is 24.9 Å². The fourth-order valence-corrected chi connectivity index (χ4v) is 2.60. The molecule has 1 aliphatic carbocycles. The molecule has 0 fully saturated rings. The maximum absolute atomic E-state index is 12.2. The van der Waals surface area contributed by atoms with Gasteiger partial charge in [0.05, 0.1) is 24.1 Å². The van der Waals surface area contributed by atoms with Crippen LogP contribution in [-0.2, 0) is 13.5 Å². The molecule has 1 amide bonds. The van der Waals surface area contributed by atoms with Gasteiger partial charge in [0, 0.05) is 24.5 Å². The standard InChI is InChI=1S/C14H17N5O/c1-9-6-16-12(8-15-9)14(20)18-11-4-3-5-13-10(11)7-17-19(13)2/h6-8,11H,3-5H2,1-2H3,(H,18,20). The average Bonchev–Trinajstić information content (AvgIpc) is 2.82. The Kier molecular flexibility index (Phi) is 3.22. The van der Waals surface area contributed by atoms with Gasteiger partial charge in [-0.05, 0) is 26.2 Å². The number of fused-ring (bicyclic) bond motifs is 1. The Morgan fingerprint density at radius 1 is 1.35 bits per heavy atom. The van der Waals surface area contributed by atoms with Gasteiger partial charge in [0.25, 0.3) is 5.91 Å². The van der Waals surface area contributed by atoms with Gasteiger partial charge in [0.1, 0.15) is 5.69 Å². The van der Waals surface area contributed by atoms with Crippen molar-refractivity contribution >= 4 is 5.91 Å². The number of rotatable bonds is 2. The molecular weight excluding hydrogens is 254 g/mol. The van der Waals surface area contributed by atoms with E-state index in [9.17, 15) is 4.79 Å². The van der Waals surface area contributed by atoms with Gasteiger partial charge in [-0.1, -0.05) is 0 Å². The molecule has 1 N–H and O–H groups in total. The van der Waals surface area contributed by atoms with Crippen molar-refractivity contribution in [1.82, 2.24) is 25.1 Å². The summed E-state index contributed by atoms with van der Waals surface area (Å²) in [6, 6.07) is 0.0167. The van der Waals surface area contributed by atoms with E-state index in [0.717, 1.165) is 30.5 Å². The number of hydrogen-bond donors (Lipinski definition) is 1. The molecule has 2 aromatic heterocycles. The minimum Gasteiger partial charge on any atom is -0.344 e. The van der Waals surface area contributed by atoms with Gasteiger partial charge in [0.15, 0.2) is 0 Å². The fraction of sp³-hybridized carbons (Fsp3) is 0.429. The van der Waals surface area contributed by atoms with Crippen LogP contribution in [0.3, 0.4) is 0 Å². The summed E-state index contributed by atoms with van der Waals surface area (Å²) in [5.74, 6) is -0.181. The number of hydrogen-bond acceptors (Lipinski definition) is 4. The van der Waals surface area contributed by atoms with Crippen molar-refractivity contribution in [2.75, 3.05) is 0 Å². The summed E-state index contributed by atoms with van der Waals surface area (Å²) in [6.07, 6.45) is 7.96. The van der Waals surface area contributed by atoms with Crippen LogP contribution in [0, 0.1) is 6.92 Å². The highest BCUT2D eigenvalue weighted by atomic mass is 16.1. The first kappa shape index (κ1) is 12.8. The van der Waals surface area contributed by atoms with Gasteiger partial charge < -0.3 is 5.32 Å². The molecule has 0 aromatic carbocycles. The second kappa shape index (κ2) is 5.03. The number of nitrogens with one attached hydrogen (secondary N) is 1. The highest BCUT2D eigenvalue weighted by molar-refractivity contribution is 5.92. The van der Waals surface area contributed by atoms with E-state index in [4.69, 9.17) is 0 Å². The largest absolute Gasteiger partial charge is 0.344 e. The van der Waals surface area contributed by atoms with Gasteiger partial charge in [-0.25, -0.2) is 4.98 Å². The molecule has 3 rings (SSSR count). The number of nitrogens with zero attached hydrogens (tertiary/aromatic N) is 4. The normalized spacial score (nSPS) is 17.6. The first-order chi connectivity index (χ1) is 9.65. The summed E-state index contributed by atoms with van der Waals surface area (Å²) >= 11 is 0. The molecule has 0 saturated carbocycles. The molecule has 1 aliphatic rings. The second-order valence-electron chi connectivity index (χ2n) is 5.13. The van der Waals surface area contributed by atoms with Crippen molar-refractivity contribution < 1.29 is 4.79 Å². The Morgan fingerprint density at radius 3 is 2.95 bits per heavy atom. The first-order valence-corrected chi connectivity index (χ1v) is 6.75. The van der Waals surface area contributed by atoms with Crippen molar-refractivity contribution in [3.05, 3.63) is 41.2 Å². The third-order valence-corrected chi connectivity index (χ3v) is 3.69. The van der Waals surface area contributed by atoms with Crippen LogP contribution in [0.15, 0.2) is 18.6 Å².